The van der Waals surface area contributed by atoms with E-state index in [1.54, 1.807) is 24.3 Å². The van der Waals surface area contributed by atoms with Gasteiger partial charge in [-0.05, 0) is 18.2 Å². The maximum absolute atomic E-state index is 11.2. The van der Waals surface area contributed by atoms with Crippen LogP contribution in [0.15, 0.2) is 28.7 Å². The Labute approximate surface area is 83.2 Å². The van der Waals surface area contributed by atoms with E-state index in [1.807, 2.05) is 5.32 Å². The van der Waals surface area contributed by atoms with E-state index < -0.39 is 11.9 Å². The number of benzene rings is 1. The van der Waals surface area contributed by atoms with Gasteiger partial charge in [0, 0.05) is 10.0 Å². The van der Waals surface area contributed by atoms with Crippen LogP contribution in [-0.2, 0) is 0 Å². The summed E-state index contributed by atoms with van der Waals surface area (Å²) in [5.74, 6) is -0.506. The lowest BCUT2D eigenvalue weighted by Gasteiger charge is -2.00. The third kappa shape index (κ3) is 2.87. The van der Waals surface area contributed by atoms with Crippen molar-refractivity contribution in [1.29, 1.82) is 0 Å². The minimum absolute atomic E-state index is 0.383. The second-order valence-corrected chi connectivity index (χ2v) is 3.24. The van der Waals surface area contributed by atoms with E-state index >= 15 is 0 Å². The van der Waals surface area contributed by atoms with Crippen LogP contribution in [0.5, 0.6) is 0 Å². The number of hydrogen-bond donors (Lipinski definition) is 2. The fourth-order valence-electron chi connectivity index (χ4n) is 0.814. The number of urea groups is 1. The highest BCUT2D eigenvalue weighted by Crippen LogP contribution is 2.11. The Kier molecular flexibility index (Phi) is 3.02. The minimum Gasteiger partial charge on any atom is -0.351 e. The molecule has 3 amide bonds. The lowest BCUT2D eigenvalue weighted by Crippen LogP contribution is -2.34. The summed E-state index contributed by atoms with van der Waals surface area (Å²) in [6.45, 7) is 0. The van der Waals surface area contributed by atoms with E-state index in [4.69, 9.17) is 5.73 Å². The molecule has 0 aromatic heterocycles. The molecule has 0 radical (unpaired) electrons. The van der Waals surface area contributed by atoms with Gasteiger partial charge in [-0.15, -0.1) is 0 Å². The molecule has 13 heavy (non-hydrogen) atoms. The SMILES string of the molecule is NC(=O)NC(=O)c1cccc(Br)c1. The van der Waals surface area contributed by atoms with E-state index in [2.05, 4.69) is 15.9 Å². The Bertz CT molecular complexity index is 352. The maximum Gasteiger partial charge on any atom is 0.319 e. The Balaban J connectivity index is 2.83. The zero-order chi connectivity index (χ0) is 9.84. The first kappa shape index (κ1) is 9.73. The first-order chi connectivity index (χ1) is 6.09. The van der Waals surface area contributed by atoms with Crippen LogP contribution in [0.2, 0.25) is 0 Å². The van der Waals surface area contributed by atoms with Crippen molar-refractivity contribution >= 4 is 27.9 Å². The van der Waals surface area contributed by atoms with Gasteiger partial charge in [0.25, 0.3) is 5.91 Å². The van der Waals surface area contributed by atoms with Crippen LogP contribution in [0, 0.1) is 0 Å². The molecule has 0 aliphatic carbocycles. The number of primary amides is 1. The molecular weight excluding hydrogens is 236 g/mol. The quantitative estimate of drug-likeness (QED) is 0.779. The number of halogens is 1. The summed E-state index contributed by atoms with van der Waals surface area (Å²) in [6.07, 6.45) is 0. The molecule has 0 atom stereocenters. The second-order valence-electron chi connectivity index (χ2n) is 2.33. The van der Waals surface area contributed by atoms with Gasteiger partial charge in [-0.3, -0.25) is 10.1 Å². The van der Waals surface area contributed by atoms with Crippen molar-refractivity contribution in [2.24, 2.45) is 5.73 Å². The molecule has 4 nitrogen and oxygen atoms in total. The molecule has 0 unspecified atom stereocenters. The predicted octanol–water partition coefficient (Wildman–Crippen LogP) is 1.26. The first-order valence-corrected chi connectivity index (χ1v) is 4.25. The average molecular weight is 243 g/mol. The van der Waals surface area contributed by atoms with Crippen molar-refractivity contribution in [2.75, 3.05) is 0 Å². The van der Waals surface area contributed by atoms with Crippen LogP contribution in [0.3, 0.4) is 0 Å². The van der Waals surface area contributed by atoms with Gasteiger partial charge in [0.05, 0.1) is 0 Å². The molecule has 5 heteroatoms. The largest absolute Gasteiger partial charge is 0.351 e. The zero-order valence-electron chi connectivity index (χ0n) is 6.58. The van der Waals surface area contributed by atoms with Gasteiger partial charge in [-0.25, -0.2) is 4.79 Å². The lowest BCUT2D eigenvalue weighted by molar-refractivity contribution is 0.0966. The number of carbonyl (C=O) groups is 2. The number of imide groups is 1. The van der Waals surface area contributed by atoms with E-state index in [9.17, 15) is 9.59 Å². The van der Waals surface area contributed by atoms with Crippen molar-refractivity contribution in [3.63, 3.8) is 0 Å². The molecular formula is C8H7BrN2O2. The highest BCUT2D eigenvalue weighted by Gasteiger charge is 2.06. The molecule has 0 fully saturated rings. The number of carbonyl (C=O) groups excluding carboxylic acids is 2. The zero-order valence-corrected chi connectivity index (χ0v) is 8.17. The van der Waals surface area contributed by atoms with Gasteiger partial charge in [-0.1, -0.05) is 22.0 Å². The molecule has 0 saturated heterocycles. The van der Waals surface area contributed by atoms with Crippen molar-refractivity contribution in [3.8, 4) is 0 Å². The van der Waals surface area contributed by atoms with E-state index in [1.165, 1.54) is 0 Å². The molecule has 1 rings (SSSR count). The minimum atomic E-state index is -0.857. The van der Waals surface area contributed by atoms with Crippen LogP contribution in [0.1, 0.15) is 10.4 Å². The highest BCUT2D eigenvalue weighted by molar-refractivity contribution is 9.10. The smallest absolute Gasteiger partial charge is 0.319 e. The summed E-state index contributed by atoms with van der Waals surface area (Å²) < 4.78 is 0.768. The molecule has 0 aliphatic rings. The van der Waals surface area contributed by atoms with Gasteiger partial charge in [0.1, 0.15) is 0 Å². The van der Waals surface area contributed by atoms with Crippen LogP contribution in [-0.4, -0.2) is 11.9 Å². The second kappa shape index (κ2) is 4.04. The van der Waals surface area contributed by atoms with Gasteiger partial charge < -0.3 is 5.73 Å². The van der Waals surface area contributed by atoms with Crippen molar-refractivity contribution in [3.05, 3.63) is 34.3 Å². The maximum atomic E-state index is 11.2. The fourth-order valence-corrected chi connectivity index (χ4v) is 1.21. The topological polar surface area (TPSA) is 72.2 Å². The van der Waals surface area contributed by atoms with Crippen molar-refractivity contribution in [2.45, 2.75) is 0 Å². The fraction of sp³-hybridized carbons (Fsp3) is 0. The molecule has 0 heterocycles. The molecule has 1 aromatic rings. The van der Waals surface area contributed by atoms with Gasteiger partial charge >= 0.3 is 6.03 Å². The lowest BCUT2D eigenvalue weighted by atomic mass is 10.2. The van der Waals surface area contributed by atoms with Gasteiger partial charge in [0.2, 0.25) is 0 Å². The van der Waals surface area contributed by atoms with E-state index in [0.717, 1.165) is 4.47 Å². The summed E-state index contributed by atoms with van der Waals surface area (Å²) in [5, 5.41) is 1.97. The summed E-state index contributed by atoms with van der Waals surface area (Å²) in [4.78, 5) is 21.5. The molecule has 0 aliphatic heterocycles. The molecule has 0 saturated carbocycles. The average Bonchev–Trinajstić information content (AvgIpc) is 2.03. The van der Waals surface area contributed by atoms with Crippen molar-refractivity contribution < 1.29 is 9.59 Å². The molecule has 3 N–H and O–H groups in total. The van der Waals surface area contributed by atoms with Gasteiger partial charge in [-0.2, -0.15) is 0 Å². The standard InChI is InChI=1S/C8H7BrN2O2/c9-6-3-1-2-5(4-6)7(12)11-8(10)13/h1-4H,(H3,10,11,12,13). The number of nitrogens with two attached hydrogens (primary N) is 1. The Morgan fingerprint density at radius 1 is 1.38 bits per heavy atom. The Morgan fingerprint density at radius 3 is 2.62 bits per heavy atom. The number of hydrogen-bond acceptors (Lipinski definition) is 2. The van der Waals surface area contributed by atoms with E-state index in [0.29, 0.717) is 5.56 Å². The van der Waals surface area contributed by atoms with Crippen LogP contribution in [0.4, 0.5) is 4.79 Å². The number of rotatable bonds is 1. The van der Waals surface area contributed by atoms with Crippen LogP contribution in [0.25, 0.3) is 0 Å². The molecule has 0 spiro atoms. The van der Waals surface area contributed by atoms with Gasteiger partial charge in [0.15, 0.2) is 0 Å². The molecule has 0 bridgehead atoms. The normalized spacial score (nSPS) is 9.31. The monoisotopic (exact) mass is 242 g/mol. The Hall–Kier alpha value is -1.36. The summed E-state index contributed by atoms with van der Waals surface area (Å²) in [5.41, 5.74) is 5.17. The predicted molar refractivity (Wildman–Crippen MR) is 51.2 cm³/mol. The van der Waals surface area contributed by atoms with Crippen LogP contribution < -0.4 is 11.1 Å². The number of nitrogens with one attached hydrogen (secondary N) is 1. The summed E-state index contributed by atoms with van der Waals surface area (Å²) in [6, 6.07) is 5.80. The number of amides is 3. The third-order valence-electron chi connectivity index (χ3n) is 1.32. The molecule has 68 valence electrons. The van der Waals surface area contributed by atoms with Crippen LogP contribution >= 0.6 is 15.9 Å². The molecule has 1 aromatic carbocycles. The van der Waals surface area contributed by atoms with Crippen molar-refractivity contribution in [1.82, 2.24) is 5.32 Å². The first-order valence-electron chi connectivity index (χ1n) is 3.46. The summed E-state index contributed by atoms with van der Waals surface area (Å²) >= 11 is 3.20. The van der Waals surface area contributed by atoms with E-state index in [-0.39, 0.29) is 0 Å². The Morgan fingerprint density at radius 2 is 2.08 bits per heavy atom. The third-order valence-corrected chi connectivity index (χ3v) is 1.82. The summed E-state index contributed by atoms with van der Waals surface area (Å²) in [7, 11) is 0. The highest BCUT2D eigenvalue weighted by atomic mass is 79.9.